The van der Waals surface area contributed by atoms with E-state index in [9.17, 15) is 9.90 Å². The Morgan fingerprint density at radius 3 is 2.68 bits per heavy atom. The number of hydrogen-bond donors (Lipinski definition) is 2. The monoisotopic (exact) mass is 327 g/mol. The van der Waals surface area contributed by atoms with Crippen LogP contribution in [0.2, 0.25) is 0 Å². The van der Waals surface area contributed by atoms with E-state index < -0.39 is 12.2 Å². The van der Waals surface area contributed by atoms with Crippen LogP contribution in [-0.2, 0) is 4.79 Å². The first-order valence-corrected chi connectivity index (χ1v) is 7.23. The van der Waals surface area contributed by atoms with Crippen molar-refractivity contribution in [1.82, 2.24) is 5.32 Å². The Labute approximate surface area is 121 Å². The van der Waals surface area contributed by atoms with E-state index in [1.54, 1.807) is 19.1 Å². The van der Waals surface area contributed by atoms with Crippen molar-refractivity contribution >= 4 is 21.8 Å². The fourth-order valence-corrected chi connectivity index (χ4v) is 2.03. The Hall–Kier alpha value is -1.07. The van der Waals surface area contributed by atoms with Gasteiger partial charge in [0.25, 0.3) is 5.91 Å². The Morgan fingerprint density at radius 2 is 2.11 bits per heavy atom. The summed E-state index contributed by atoms with van der Waals surface area (Å²) in [6.07, 6.45) is 1.11. The molecule has 2 atom stereocenters. The Morgan fingerprint density at radius 1 is 1.47 bits per heavy atom. The maximum Gasteiger partial charge on any atom is 0.260 e. The zero-order chi connectivity index (χ0) is 13.8. The molecule has 2 N–H and O–H groups in total. The summed E-state index contributed by atoms with van der Waals surface area (Å²) >= 11 is 3.34. The molecule has 1 aliphatic rings. The molecule has 0 aliphatic heterocycles. The van der Waals surface area contributed by atoms with Crippen LogP contribution in [0.3, 0.4) is 0 Å². The molecule has 4 nitrogen and oxygen atoms in total. The van der Waals surface area contributed by atoms with Crippen LogP contribution in [0.25, 0.3) is 0 Å². The Balaban J connectivity index is 1.76. The second kappa shape index (κ2) is 6.39. The summed E-state index contributed by atoms with van der Waals surface area (Å²) in [6.45, 7) is 2.00. The number of rotatable bonds is 6. The first-order chi connectivity index (χ1) is 9.06. The second-order valence-corrected chi connectivity index (χ2v) is 5.78. The molecule has 1 aromatic rings. The minimum absolute atomic E-state index is 0.206. The van der Waals surface area contributed by atoms with Gasteiger partial charge < -0.3 is 15.2 Å². The van der Waals surface area contributed by atoms with E-state index in [4.69, 9.17) is 4.74 Å². The van der Waals surface area contributed by atoms with Crippen molar-refractivity contribution in [2.45, 2.75) is 32.0 Å². The minimum Gasteiger partial charge on any atom is -0.481 e. The zero-order valence-corrected chi connectivity index (χ0v) is 12.4. The van der Waals surface area contributed by atoms with Gasteiger partial charge >= 0.3 is 0 Å². The summed E-state index contributed by atoms with van der Waals surface area (Å²) in [4.78, 5) is 11.8. The maximum absolute atomic E-state index is 11.8. The molecular weight excluding hydrogens is 310 g/mol. The molecule has 5 heteroatoms. The van der Waals surface area contributed by atoms with Crippen LogP contribution in [0.5, 0.6) is 5.75 Å². The van der Waals surface area contributed by atoms with Crippen molar-refractivity contribution in [1.29, 1.82) is 0 Å². The number of ether oxygens (including phenoxy) is 1. The van der Waals surface area contributed by atoms with E-state index in [2.05, 4.69) is 21.2 Å². The van der Waals surface area contributed by atoms with Gasteiger partial charge in [0.05, 0.1) is 6.10 Å². The smallest absolute Gasteiger partial charge is 0.260 e. The highest BCUT2D eigenvalue weighted by Crippen LogP contribution is 2.32. The molecule has 2 unspecified atom stereocenters. The molecule has 0 saturated heterocycles. The number of amides is 1. The van der Waals surface area contributed by atoms with Gasteiger partial charge in [0.1, 0.15) is 5.75 Å². The lowest BCUT2D eigenvalue weighted by atomic mass is 10.2. The number of aliphatic hydroxyl groups excluding tert-OH is 1. The highest BCUT2D eigenvalue weighted by molar-refractivity contribution is 9.10. The van der Waals surface area contributed by atoms with Gasteiger partial charge in [-0.15, -0.1) is 0 Å². The van der Waals surface area contributed by atoms with Crippen LogP contribution in [0.4, 0.5) is 0 Å². The van der Waals surface area contributed by atoms with Crippen LogP contribution >= 0.6 is 15.9 Å². The van der Waals surface area contributed by atoms with E-state index in [0.29, 0.717) is 18.2 Å². The topological polar surface area (TPSA) is 58.6 Å². The molecule has 1 amide bonds. The van der Waals surface area contributed by atoms with Crippen molar-refractivity contribution < 1.29 is 14.6 Å². The van der Waals surface area contributed by atoms with Crippen molar-refractivity contribution in [2.75, 3.05) is 6.54 Å². The number of aliphatic hydroxyl groups is 1. The van der Waals surface area contributed by atoms with E-state index >= 15 is 0 Å². The number of carbonyl (C=O) groups excluding carboxylic acids is 1. The van der Waals surface area contributed by atoms with Gasteiger partial charge in [0, 0.05) is 11.0 Å². The number of carbonyl (C=O) groups is 1. The Bertz CT molecular complexity index is 431. The quantitative estimate of drug-likeness (QED) is 0.841. The fraction of sp³-hybridized carbons (Fsp3) is 0.500. The van der Waals surface area contributed by atoms with E-state index in [1.165, 1.54) is 0 Å². The van der Waals surface area contributed by atoms with Crippen LogP contribution in [0.1, 0.15) is 19.8 Å². The highest BCUT2D eigenvalue weighted by Gasteiger charge is 2.30. The zero-order valence-electron chi connectivity index (χ0n) is 10.8. The lowest BCUT2D eigenvalue weighted by molar-refractivity contribution is -0.127. The first-order valence-electron chi connectivity index (χ1n) is 6.44. The average molecular weight is 328 g/mol. The largest absolute Gasteiger partial charge is 0.481 e. The number of benzene rings is 1. The lowest BCUT2D eigenvalue weighted by Gasteiger charge is -2.16. The summed E-state index contributed by atoms with van der Waals surface area (Å²) in [5, 5.41) is 12.4. The standard InChI is InChI=1S/C14H18BrNO3/c1-9(19-12-6-4-11(15)5-7-12)14(18)16-8-13(17)10-2-3-10/h4-7,9-10,13,17H,2-3,8H2,1H3,(H,16,18). The maximum atomic E-state index is 11.8. The third-order valence-electron chi connectivity index (χ3n) is 3.15. The predicted octanol–water partition coefficient (Wildman–Crippen LogP) is 2.10. The summed E-state index contributed by atoms with van der Waals surface area (Å²) in [5.74, 6) is 0.805. The molecule has 1 aliphatic carbocycles. The van der Waals surface area contributed by atoms with Crippen molar-refractivity contribution in [3.8, 4) is 5.75 Å². The van der Waals surface area contributed by atoms with Crippen LogP contribution in [0, 0.1) is 5.92 Å². The SMILES string of the molecule is CC(Oc1ccc(Br)cc1)C(=O)NCC(O)C1CC1. The summed E-state index contributed by atoms with van der Waals surface area (Å²) in [7, 11) is 0. The van der Waals surface area contributed by atoms with Crippen molar-refractivity contribution in [2.24, 2.45) is 5.92 Å². The molecular formula is C14H18BrNO3. The first kappa shape index (κ1) is 14.3. The number of hydrogen-bond acceptors (Lipinski definition) is 3. The number of halogens is 1. The van der Waals surface area contributed by atoms with E-state index in [0.717, 1.165) is 17.3 Å². The second-order valence-electron chi connectivity index (χ2n) is 4.86. The molecule has 19 heavy (non-hydrogen) atoms. The summed E-state index contributed by atoms with van der Waals surface area (Å²) in [5.41, 5.74) is 0. The van der Waals surface area contributed by atoms with Gasteiger partial charge in [0.15, 0.2) is 6.10 Å². The summed E-state index contributed by atoms with van der Waals surface area (Å²) < 4.78 is 6.49. The third-order valence-corrected chi connectivity index (χ3v) is 3.68. The molecule has 0 spiro atoms. The van der Waals surface area contributed by atoms with Crippen molar-refractivity contribution in [3.05, 3.63) is 28.7 Å². The molecule has 104 valence electrons. The third kappa shape index (κ3) is 4.51. The van der Waals surface area contributed by atoms with Gasteiger partial charge in [-0.1, -0.05) is 15.9 Å². The van der Waals surface area contributed by atoms with Gasteiger partial charge in [-0.2, -0.15) is 0 Å². The minimum atomic E-state index is -0.576. The Kier molecular flexibility index (Phi) is 4.82. The van der Waals surface area contributed by atoms with Crippen molar-refractivity contribution in [3.63, 3.8) is 0 Å². The molecule has 0 heterocycles. The average Bonchev–Trinajstić information content (AvgIpc) is 3.22. The highest BCUT2D eigenvalue weighted by atomic mass is 79.9. The normalized spacial score (nSPS) is 17.6. The molecule has 1 saturated carbocycles. The molecule has 0 radical (unpaired) electrons. The van der Waals surface area contributed by atoms with Gasteiger partial charge in [-0.05, 0) is 49.9 Å². The predicted molar refractivity (Wildman–Crippen MR) is 76.0 cm³/mol. The van der Waals surface area contributed by atoms with Gasteiger partial charge in [0.2, 0.25) is 0 Å². The van der Waals surface area contributed by atoms with Gasteiger partial charge in [-0.25, -0.2) is 0 Å². The number of nitrogens with one attached hydrogen (secondary N) is 1. The molecule has 1 aromatic carbocycles. The molecule has 0 aromatic heterocycles. The van der Waals surface area contributed by atoms with E-state index in [-0.39, 0.29) is 5.91 Å². The van der Waals surface area contributed by atoms with Gasteiger partial charge in [-0.3, -0.25) is 4.79 Å². The molecule has 2 rings (SSSR count). The van der Waals surface area contributed by atoms with E-state index in [1.807, 2.05) is 12.1 Å². The molecule has 1 fully saturated rings. The lowest BCUT2D eigenvalue weighted by Crippen LogP contribution is -2.40. The van der Waals surface area contributed by atoms with Crippen LogP contribution in [-0.4, -0.2) is 29.8 Å². The summed E-state index contributed by atoms with van der Waals surface area (Å²) in [6, 6.07) is 7.31. The van der Waals surface area contributed by atoms with Crippen LogP contribution in [0.15, 0.2) is 28.7 Å². The fourth-order valence-electron chi connectivity index (χ4n) is 1.77. The molecule has 0 bridgehead atoms. The van der Waals surface area contributed by atoms with Crippen LogP contribution < -0.4 is 10.1 Å².